The van der Waals surface area contributed by atoms with Gasteiger partial charge in [0.25, 0.3) is 0 Å². The smallest absolute Gasteiger partial charge is 0.319 e. The number of hydrogen-bond acceptors (Lipinski definition) is 8. The molecule has 214 valence electrons. The lowest BCUT2D eigenvalue weighted by atomic mass is 10.0. The number of halogens is 1. The average molecular weight is 693 g/mol. The average Bonchev–Trinajstić information content (AvgIpc) is 3.50. The molecule has 1 unspecified atom stereocenters. The lowest BCUT2D eigenvalue weighted by Gasteiger charge is -2.42. The molecule has 4 heterocycles. The van der Waals surface area contributed by atoms with E-state index in [9.17, 15) is 10.1 Å². The maximum atomic E-state index is 12.5. The van der Waals surface area contributed by atoms with Gasteiger partial charge in [-0.2, -0.15) is 15.2 Å². The minimum Gasteiger partial charge on any atom is -0.455 e. The number of imidazole rings is 1. The number of benzene rings is 2. The van der Waals surface area contributed by atoms with Crippen LogP contribution in [0.5, 0.6) is 6.01 Å². The van der Waals surface area contributed by atoms with Gasteiger partial charge in [-0.15, -0.1) is 0 Å². The van der Waals surface area contributed by atoms with E-state index in [1.54, 1.807) is 11.1 Å². The van der Waals surface area contributed by atoms with Crippen LogP contribution in [-0.2, 0) is 24.4 Å². The van der Waals surface area contributed by atoms with Crippen molar-refractivity contribution in [1.82, 2.24) is 24.2 Å². The van der Waals surface area contributed by atoms with Gasteiger partial charge in [-0.25, -0.2) is 4.98 Å². The number of amides is 1. The number of ether oxygens (including phenoxy) is 1. The van der Waals surface area contributed by atoms with Crippen LogP contribution >= 0.6 is 28.4 Å². The third-order valence-corrected chi connectivity index (χ3v) is 9.98. The fourth-order valence-electron chi connectivity index (χ4n) is 5.79. The van der Waals surface area contributed by atoms with Gasteiger partial charge in [0.2, 0.25) is 5.91 Å². The van der Waals surface area contributed by atoms with Crippen LogP contribution in [0, 0.1) is 11.3 Å². The third-order valence-electron chi connectivity index (χ3n) is 7.84. The molecule has 2 aliphatic rings. The first-order valence-electron chi connectivity index (χ1n) is 13.8. The Balaban J connectivity index is 1.35. The van der Waals surface area contributed by atoms with Crippen LogP contribution in [0.25, 0.3) is 10.8 Å². The molecule has 10 nitrogen and oxygen atoms in total. The highest BCUT2D eigenvalue weighted by Crippen LogP contribution is 2.35. The largest absolute Gasteiger partial charge is 0.455 e. The van der Waals surface area contributed by atoms with Crippen molar-refractivity contribution in [3.05, 3.63) is 84.6 Å². The zero-order valence-corrected chi connectivity index (χ0v) is 26.1. The Morgan fingerprint density at radius 2 is 2.02 bits per heavy atom. The van der Waals surface area contributed by atoms with Gasteiger partial charge in [0.15, 0.2) is 5.82 Å². The first kappa shape index (κ1) is 28.4. The second kappa shape index (κ2) is 12.6. The lowest BCUT2D eigenvalue weighted by Crippen LogP contribution is -2.55. The van der Waals surface area contributed by atoms with Crippen LogP contribution in [0.1, 0.15) is 23.5 Å². The topological polar surface area (TPSA) is 103 Å². The zero-order chi connectivity index (χ0) is 29.1. The molecule has 0 N–H and O–H groups in total. The summed E-state index contributed by atoms with van der Waals surface area (Å²) in [5, 5.41) is 11.9. The van der Waals surface area contributed by atoms with Gasteiger partial charge in [0.1, 0.15) is 12.4 Å². The molecule has 4 aromatic rings. The second-order valence-corrected chi connectivity index (χ2v) is 12.3. The molecule has 42 heavy (non-hydrogen) atoms. The molecule has 12 heteroatoms. The van der Waals surface area contributed by atoms with Crippen molar-refractivity contribution >= 4 is 56.6 Å². The van der Waals surface area contributed by atoms with Crippen molar-refractivity contribution in [2.24, 2.45) is 0 Å². The number of hydrogen-bond donors (Lipinski definition) is 0. The minimum atomic E-state index is -0.253. The van der Waals surface area contributed by atoms with Crippen LogP contribution in [-0.4, -0.2) is 62.3 Å². The monoisotopic (exact) mass is 692 g/mol. The number of nitrogens with zero attached hydrogens (tertiary/aromatic N) is 8. The normalized spacial score (nSPS) is 17.0. The number of rotatable bonds is 8. The molecule has 0 aliphatic carbocycles. The van der Waals surface area contributed by atoms with E-state index in [1.807, 2.05) is 10.5 Å². The van der Waals surface area contributed by atoms with Crippen molar-refractivity contribution in [2.45, 2.75) is 32.0 Å². The van der Waals surface area contributed by atoms with E-state index in [-0.39, 0.29) is 25.0 Å². The summed E-state index contributed by atoms with van der Waals surface area (Å²) >= 11 is 2.32. The highest BCUT2D eigenvalue weighted by Gasteiger charge is 2.33. The number of piperazine rings is 1. The summed E-state index contributed by atoms with van der Waals surface area (Å²) in [6.45, 7) is 6.93. The summed E-state index contributed by atoms with van der Waals surface area (Å²) in [4.78, 5) is 33.1. The summed E-state index contributed by atoms with van der Waals surface area (Å²) < 4.78 is 8.22. The Labute approximate surface area is 259 Å². The van der Waals surface area contributed by atoms with E-state index < -0.39 is 0 Å². The molecule has 2 aromatic carbocycles. The highest BCUT2D eigenvalue weighted by molar-refractivity contribution is 14.2. The van der Waals surface area contributed by atoms with Crippen LogP contribution in [0.4, 0.5) is 11.5 Å². The van der Waals surface area contributed by atoms with Crippen molar-refractivity contribution in [2.75, 3.05) is 36.0 Å². The van der Waals surface area contributed by atoms with Crippen LogP contribution in [0.15, 0.2) is 67.5 Å². The summed E-state index contributed by atoms with van der Waals surface area (Å²) in [7, 11) is 0. The van der Waals surface area contributed by atoms with Crippen molar-refractivity contribution < 1.29 is 9.53 Å². The van der Waals surface area contributed by atoms with Gasteiger partial charge in [0.05, 0.1) is 30.8 Å². The number of carbonyl (C=O) groups excluding carboxylic acids is 1. The van der Waals surface area contributed by atoms with Crippen molar-refractivity contribution in [3.8, 4) is 12.1 Å². The number of nitriles is 1. The Morgan fingerprint density at radius 1 is 1.17 bits per heavy atom. The minimum absolute atomic E-state index is 0.152. The summed E-state index contributed by atoms with van der Waals surface area (Å²) in [5.41, 5.74) is 3.19. The van der Waals surface area contributed by atoms with Crippen LogP contribution < -0.4 is 14.5 Å². The van der Waals surface area contributed by atoms with Gasteiger partial charge in [-0.1, -0.05) is 43.0 Å². The van der Waals surface area contributed by atoms with Crippen LogP contribution in [0.2, 0.25) is 0 Å². The van der Waals surface area contributed by atoms with Gasteiger partial charge < -0.3 is 23.8 Å². The molecule has 6 rings (SSSR count). The zero-order valence-electron chi connectivity index (χ0n) is 23.0. The first-order valence-corrected chi connectivity index (χ1v) is 17.8. The van der Waals surface area contributed by atoms with E-state index >= 15 is 0 Å². The number of carbonyl (C=O) groups is 1. The quantitative estimate of drug-likeness (QED) is 0.146. The van der Waals surface area contributed by atoms with Crippen molar-refractivity contribution in [3.63, 3.8) is 0 Å². The molecule has 1 amide bonds. The van der Waals surface area contributed by atoms with E-state index in [0.29, 0.717) is 38.6 Å². The van der Waals surface area contributed by atoms with Gasteiger partial charge in [0, 0.05) is 61.6 Å². The molecule has 2 aromatic heterocycles. The fraction of sp³-hybridized carbons (Fsp3) is 0.300. The first-order chi connectivity index (χ1) is 20.6. The summed E-state index contributed by atoms with van der Waals surface area (Å²) in [5.74, 6) is 1.48. The standard InChI is InChI=1S/C30H30IN8O2P/c1-2-28(40)38-17-16-37(18-22(38)10-12-32)29-24-11-14-36(26-9-5-7-21-6-3-4-8-23(21)26)19-25(24)34-30(35-29)41-20-27-33-13-15-39(27)42-31/h2-9,13,15,22,42H,1,10-11,14,16-20H2/t22-/m0/s1. The number of anilines is 2. The Hall–Kier alpha value is -3.75. The van der Waals surface area contributed by atoms with Gasteiger partial charge >= 0.3 is 6.01 Å². The molecule has 1 fully saturated rings. The maximum absolute atomic E-state index is 12.5. The molecular formula is C30H30IN8O2P. The molecule has 0 radical (unpaired) electrons. The molecule has 0 spiro atoms. The van der Waals surface area contributed by atoms with E-state index in [0.717, 1.165) is 35.9 Å². The molecule has 0 saturated carbocycles. The third kappa shape index (κ3) is 5.65. The Bertz CT molecular complexity index is 1670. The van der Waals surface area contributed by atoms with Gasteiger partial charge in [-0.3, -0.25) is 4.79 Å². The Morgan fingerprint density at radius 3 is 2.86 bits per heavy atom. The van der Waals surface area contributed by atoms with E-state index in [4.69, 9.17) is 14.7 Å². The fourth-order valence-corrected chi connectivity index (χ4v) is 7.45. The maximum Gasteiger partial charge on any atom is 0.319 e. The van der Waals surface area contributed by atoms with E-state index in [2.05, 4.69) is 91.9 Å². The van der Waals surface area contributed by atoms with E-state index in [1.165, 1.54) is 22.5 Å². The predicted octanol–water partition coefficient (Wildman–Crippen LogP) is 4.88. The van der Waals surface area contributed by atoms with Crippen molar-refractivity contribution in [1.29, 1.82) is 5.26 Å². The molecule has 2 atom stereocenters. The molecule has 0 bridgehead atoms. The summed E-state index contributed by atoms with van der Waals surface area (Å²) in [6, 6.07) is 17.1. The SMILES string of the molecule is C=CC(=O)N1CCN(c2nc(OCc3nccn3PI)nc3c2CCN(c2cccc4ccccc24)C3)C[C@@H]1CC#N. The second-order valence-electron chi connectivity index (χ2n) is 10.2. The molecular weight excluding hydrogens is 662 g/mol. The number of aromatic nitrogens is 4. The predicted molar refractivity (Wildman–Crippen MR) is 173 cm³/mol. The summed E-state index contributed by atoms with van der Waals surface area (Å²) in [6.07, 6.45) is 6.54. The highest BCUT2D eigenvalue weighted by atomic mass is 127. The van der Waals surface area contributed by atoms with Crippen LogP contribution in [0.3, 0.4) is 0 Å². The molecule has 2 aliphatic heterocycles. The Kier molecular flexibility index (Phi) is 8.53. The lowest BCUT2D eigenvalue weighted by molar-refractivity contribution is -0.128. The number of fused-ring (bicyclic) bond motifs is 2. The van der Waals surface area contributed by atoms with Gasteiger partial charge in [-0.05, 0) is 46.0 Å². The molecule has 1 saturated heterocycles.